The number of Topliss-reactive ketones (excluding diaryl/α,β-unsaturated/α-hetero) is 1. The van der Waals surface area contributed by atoms with Gasteiger partial charge >= 0.3 is 0 Å². The third-order valence-electron chi connectivity index (χ3n) is 5.61. The quantitative estimate of drug-likeness (QED) is 0.806. The topological polar surface area (TPSA) is 71.5 Å². The van der Waals surface area contributed by atoms with Crippen LogP contribution >= 0.6 is 0 Å². The van der Waals surface area contributed by atoms with Crippen molar-refractivity contribution in [1.82, 2.24) is 0 Å². The standard InChI is InChI=1S/C19H25NO4S/c1-3-20(16-7-5-6-8-17(16)25(23,24)4-2)19(22)15-11-13-9-10-14(12-15)18(13)21/h5-8,13-15H,3-4,9-12H2,1-2H3/t13-,14+,15?. The number of hydrogen-bond acceptors (Lipinski definition) is 4. The number of carbonyl (C=O) groups is 2. The lowest BCUT2D eigenvalue weighted by molar-refractivity contribution is -0.131. The first-order valence-electron chi connectivity index (χ1n) is 9.05. The lowest BCUT2D eigenvalue weighted by atomic mass is 9.79. The Bertz CT molecular complexity index is 770. The average Bonchev–Trinajstić information content (AvgIpc) is 2.83. The van der Waals surface area contributed by atoms with E-state index in [1.54, 1.807) is 36.1 Å². The summed E-state index contributed by atoms with van der Waals surface area (Å²) in [5, 5.41) is 0. The van der Waals surface area contributed by atoms with E-state index in [-0.39, 0.29) is 34.3 Å². The van der Waals surface area contributed by atoms with Crippen molar-refractivity contribution in [2.75, 3.05) is 17.2 Å². The summed E-state index contributed by atoms with van der Waals surface area (Å²) in [6.07, 6.45) is 2.99. The molecule has 2 bridgehead atoms. The molecule has 0 aromatic heterocycles. The van der Waals surface area contributed by atoms with Gasteiger partial charge in [-0.25, -0.2) is 8.42 Å². The molecule has 5 nitrogen and oxygen atoms in total. The zero-order valence-electron chi connectivity index (χ0n) is 14.8. The summed E-state index contributed by atoms with van der Waals surface area (Å²) < 4.78 is 24.8. The Kier molecular flexibility index (Phi) is 5.00. The summed E-state index contributed by atoms with van der Waals surface area (Å²) in [5.41, 5.74) is 0.459. The lowest BCUT2D eigenvalue weighted by Crippen LogP contribution is -2.41. The van der Waals surface area contributed by atoms with E-state index in [0.29, 0.717) is 30.9 Å². The molecule has 0 radical (unpaired) electrons. The highest BCUT2D eigenvalue weighted by Gasteiger charge is 2.44. The molecular weight excluding hydrogens is 338 g/mol. The van der Waals surface area contributed by atoms with Crippen LogP contribution in [0.25, 0.3) is 0 Å². The molecule has 2 fully saturated rings. The van der Waals surface area contributed by atoms with Crippen LogP contribution in [0.5, 0.6) is 0 Å². The van der Waals surface area contributed by atoms with E-state index in [0.717, 1.165) is 12.8 Å². The van der Waals surface area contributed by atoms with E-state index in [1.807, 2.05) is 6.92 Å². The number of sulfone groups is 1. The molecule has 2 saturated carbocycles. The maximum atomic E-state index is 13.1. The molecule has 1 amide bonds. The molecule has 0 aliphatic heterocycles. The second-order valence-corrected chi connectivity index (χ2v) is 9.24. The molecule has 2 aliphatic carbocycles. The van der Waals surface area contributed by atoms with Crippen LogP contribution in [-0.2, 0) is 19.4 Å². The van der Waals surface area contributed by atoms with Crippen molar-refractivity contribution in [2.45, 2.75) is 44.4 Å². The highest BCUT2D eigenvalue weighted by Crippen LogP contribution is 2.43. The van der Waals surface area contributed by atoms with Crippen LogP contribution in [0.15, 0.2) is 29.2 Å². The van der Waals surface area contributed by atoms with E-state index >= 15 is 0 Å². The van der Waals surface area contributed by atoms with Crippen LogP contribution < -0.4 is 4.90 Å². The molecule has 25 heavy (non-hydrogen) atoms. The number of amides is 1. The fraction of sp³-hybridized carbons (Fsp3) is 0.579. The van der Waals surface area contributed by atoms with Gasteiger partial charge in [-0.2, -0.15) is 0 Å². The Labute approximate surface area is 149 Å². The molecule has 2 aliphatic rings. The van der Waals surface area contributed by atoms with Crippen LogP contribution in [0.4, 0.5) is 5.69 Å². The molecule has 0 heterocycles. The van der Waals surface area contributed by atoms with Crippen molar-refractivity contribution in [2.24, 2.45) is 17.8 Å². The second-order valence-electron chi connectivity index (χ2n) is 7.00. The first-order chi connectivity index (χ1) is 11.9. The van der Waals surface area contributed by atoms with E-state index < -0.39 is 9.84 Å². The maximum absolute atomic E-state index is 13.1. The highest BCUT2D eigenvalue weighted by atomic mass is 32.2. The molecule has 3 atom stereocenters. The van der Waals surface area contributed by atoms with Crippen LogP contribution in [0.2, 0.25) is 0 Å². The summed E-state index contributed by atoms with van der Waals surface area (Å²) in [6.45, 7) is 3.87. The monoisotopic (exact) mass is 363 g/mol. The van der Waals surface area contributed by atoms with E-state index in [4.69, 9.17) is 0 Å². The minimum absolute atomic E-state index is 0.00215. The number of anilines is 1. The molecule has 3 rings (SSSR count). The van der Waals surface area contributed by atoms with Gasteiger partial charge in [0.2, 0.25) is 5.91 Å². The summed E-state index contributed by atoms with van der Waals surface area (Å²) in [7, 11) is -3.41. The fourth-order valence-electron chi connectivity index (χ4n) is 4.24. The Morgan fingerprint density at radius 2 is 1.72 bits per heavy atom. The third-order valence-corrected chi connectivity index (χ3v) is 7.38. The van der Waals surface area contributed by atoms with Crippen molar-refractivity contribution in [3.8, 4) is 0 Å². The second kappa shape index (κ2) is 6.90. The molecule has 0 N–H and O–H groups in total. The Morgan fingerprint density at radius 3 is 2.28 bits per heavy atom. The number of ketones is 1. The number of rotatable bonds is 5. The summed E-state index contributed by atoms with van der Waals surface area (Å²) in [6, 6.07) is 6.71. The highest BCUT2D eigenvalue weighted by molar-refractivity contribution is 7.91. The smallest absolute Gasteiger partial charge is 0.230 e. The van der Waals surface area contributed by atoms with Gasteiger partial charge in [0, 0.05) is 24.3 Å². The van der Waals surface area contributed by atoms with Gasteiger partial charge in [0.25, 0.3) is 0 Å². The van der Waals surface area contributed by atoms with Crippen molar-refractivity contribution in [3.05, 3.63) is 24.3 Å². The molecule has 1 aromatic rings. The predicted octanol–water partition coefficient (Wildman–Crippen LogP) is 2.84. The van der Waals surface area contributed by atoms with Gasteiger partial charge in [0.15, 0.2) is 9.84 Å². The van der Waals surface area contributed by atoms with Crippen LogP contribution in [0.3, 0.4) is 0 Å². The maximum Gasteiger partial charge on any atom is 0.230 e. The summed E-state index contributed by atoms with van der Waals surface area (Å²) in [5.74, 6) is 0.110. The predicted molar refractivity (Wildman–Crippen MR) is 96.1 cm³/mol. The first-order valence-corrected chi connectivity index (χ1v) is 10.7. The van der Waals surface area contributed by atoms with Crippen molar-refractivity contribution in [3.63, 3.8) is 0 Å². The molecule has 136 valence electrons. The van der Waals surface area contributed by atoms with Crippen molar-refractivity contribution >= 4 is 27.2 Å². The van der Waals surface area contributed by atoms with Gasteiger partial charge < -0.3 is 4.90 Å². The summed E-state index contributed by atoms with van der Waals surface area (Å²) in [4.78, 5) is 27.0. The first kappa shape index (κ1) is 18.1. The van der Waals surface area contributed by atoms with Gasteiger partial charge in [-0.05, 0) is 44.7 Å². The van der Waals surface area contributed by atoms with Crippen LogP contribution in [0.1, 0.15) is 39.5 Å². The van der Waals surface area contributed by atoms with Gasteiger partial charge in [-0.3, -0.25) is 9.59 Å². The Hall–Kier alpha value is -1.69. The van der Waals surface area contributed by atoms with Gasteiger partial charge in [0.05, 0.1) is 16.3 Å². The van der Waals surface area contributed by atoms with Crippen LogP contribution in [-0.4, -0.2) is 32.4 Å². The molecule has 0 spiro atoms. The number of carbonyl (C=O) groups excluding carboxylic acids is 2. The van der Waals surface area contributed by atoms with Gasteiger partial charge in [-0.15, -0.1) is 0 Å². The number of para-hydroxylation sites is 1. The number of hydrogen-bond donors (Lipinski definition) is 0. The minimum Gasteiger partial charge on any atom is -0.311 e. The summed E-state index contributed by atoms with van der Waals surface area (Å²) >= 11 is 0. The zero-order valence-corrected chi connectivity index (χ0v) is 15.6. The molecule has 6 heteroatoms. The van der Waals surface area contributed by atoms with Crippen LogP contribution in [0, 0.1) is 17.8 Å². The Morgan fingerprint density at radius 1 is 1.12 bits per heavy atom. The molecular formula is C19H25NO4S. The van der Waals surface area contributed by atoms with E-state index in [1.165, 1.54) is 0 Å². The molecule has 1 aromatic carbocycles. The molecule has 1 unspecified atom stereocenters. The average molecular weight is 363 g/mol. The SMILES string of the molecule is CCN(C(=O)C1C[C@H]2CC[C@@H](C1)C2=O)c1ccccc1S(=O)(=O)CC. The number of nitrogens with zero attached hydrogens (tertiary/aromatic N) is 1. The minimum atomic E-state index is -3.41. The Balaban J connectivity index is 1.91. The molecule has 0 saturated heterocycles. The van der Waals surface area contributed by atoms with E-state index in [2.05, 4.69) is 0 Å². The van der Waals surface area contributed by atoms with Gasteiger partial charge in [0.1, 0.15) is 5.78 Å². The largest absolute Gasteiger partial charge is 0.311 e. The van der Waals surface area contributed by atoms with Gasteiger partial charge in [-0.1, -0.05) is 19.1 Å². The zero-order chi connectivity index (χ0) is 18.2. The van der Waals surface area contributed by atoms with Crippen molar-refractivity contribution in [1.29, 1.82) is 0 Å². The van der Waals surface area contributed by atoms with E-state index in [9.17, 15) is 18.0 Å². The number of fused-ring (bicyclic) bond motifs is 2. The third kappa shape index (κ3) is 3.24. The number of benzene rings is 1. The lowest BCUT2D eigenvalue weighted by Gasteiger charge is -2.31. The van der Waals surface area contributed by atoms with Crippen molar-refractivity contribution < 1.29 is 18.0 Å². The normalized spacial score (nSPS) is 25.8. The fourth-order valence-corrected chi connectivity index (χ4v) is 5.33.